The molecule has 0 bridgehead atoms. The van der Waals surface area contributed by atoms with Gasteiger partial charge >= 0.3 is 0 Å². The van der Waals surface area contributed by atoms with Crippen LogP contribution in [-0.4, -0.2) is 14.9 Å². The molecule has 0 saturated heterocycles. The van der Waals surface area contributed by atoms with Crippen LogP contribution in [0.2, 0.25) is 0 Å². The number of rotatable bonds is 1. The summed E-state index contributed by atoms with van der Waals surface area (Å²) in [4.78, 5) is 0. The Labute approximate surface area is 47.6 Å². The average Bonchev–Trinajstić information content (AvgIpc) is 2.14. The van der Waals surface area contributed by atoms with Crippen LogP contribution in [0.3, 0.4) is 0 Å². The highest BCUT2D eigenvalue weighted by Gasteiger charge is 1.90. The standard InChI is InChI=1S/C5H7N2O/c1-7-3-2-5(4-8)6-7/h3,8H,4H2,1H3. The average molecular weight is 111 g/mol. The molecule has 8 heavy (non-hydrogen) atoms. The summed E-state index contributed by atoms with van der Waals surface area (Å²) in [5, 5.41) is 12.3. The summed E-state index contributed by atoms with van der Waals surface area (Å²) in [6, 6.07) is 2.76. The lowest BCUT2D eigenvalue weighted by atomic mass is 10.5. The number of aliphatic hydroxyl groups excluding tert-OH is 1. The molecule has 3 nitrogen and oxygen atoms in total. The van der Waals surface area contributed by atoms with Crippen molar-refractivity contribution in [1.29, 1.82) is 0 Å². The first-order valence-electron chi connectivity index (χ1n) is 2.34. The van der Waals surface area contributed by atoms with Crippen LogP contribution in [0.15, 0.2) is 6.20 Å². The minimum Gasteiger partial charge on any atom is -0.390 e. The third-order valence-electron chi connectivity index (χ3n) is 0.846. The van der Waals surface area contributed by atoms with E-state index in [1.54, 1.807) is 17.9 Å². The van der Waals surface area contributed by atoms with Crippen molar-refractivity contribution in [2.24, 2.45) is 7.05 Å². The molecule has 0 fully saturated rings. The summed E-state index contributed by atoms with van der Waals surface area (Å²) in [6.45, 7) is -0.0269. The van der Waals surface area contributed by atoms with Gasteiger partial charge in [-0.3, -0.25) is 4.68 Å². The molecule has 0 amide bonds. The predicted octanol–water partition coefficient (Wildman–Crippen LogP) is -0.287. The molecule has 1 aromatic heterocycles. The van der Waals surface area contributed by atoms with Crippen molar-refractivity contribution >= 4 is 0 Å². The second-order valence-electron chi connectivity index (χ2n) is 1.55. The Hall–Kier alpha value is -0.830. The normalized spacial score (nSPS) is 9.75. The Morgan fingerprint density at radius 2 is 2.75 bits per heavy atom. The monoisotopic (exact) mass is 111 g/mol. The maximum atomic E-state index is 8.44. The van der Waals surface area contributed by atoms with Crippen LogP contribution in [0.4, 0.5) is 0 Å². The summed E-state index contributed by atoms with van der Waals surface area (Å²) >= 11 is 0. The molecular weight excluding hydrogens is 104 g/mol. The molecule has 0 aliphatic heterocycles. The van der Waals surface area contributed by atoms with Gasteiger partial charge in [0.25, 0.3) is 0 Å². The van der Waals surface area contributed by atoms with Gasteiger partial charge in [-0.1, -0.05) is 0 Å². The van der Waals surface area contributed by atoms with Gasteiger partial charge in [-0.25, -0.2) is 0 Å². The number of aliphatic hydroxyl groups is 1. The van der Waals surface area contributed by atoms with Gasteiger partial charge in [0.05, 0.1) is 12.3 Å². The highest BCUT2D eigenvalue weighted by molar-refractivity contribution is 4.92. The first-order chi connectivity index (χ1) is 3.83. The molecule has 1 N–H and O–H groups in total. The molecule has 0 atom stereocenters. The summed E-state index contributed by atoms with van der Waals surface area (Å²) in [6.07, 6.45) is 1.67. The first kappa shape index (κ1) is 5.31. The van der Waals surface area contributed by atoms with Crippen molar-refractivity contribution in [1.82, 2.24) is 9.78 Å². The second-order valence-corrected chi connectivity index (χ2v) is 1.55. The summed E-state index contributed by atoms with van der Waals surface area (Å²) < 4.78 is 1.60. The Morgan fingerprint density at radius 3 is 3.00 bits per heavy atom. The van der Waals surface area contributed by atoms with Crippen molar-refractivity contribution in [3.8, 4) is 0 Å². The minimum absolute atomic E-state index is 0.0269. The smallest absolute Gasteiger partial charge is 0.0958 e. The topological polar surface area (TPSA) is 38.0 Å². The number of hydrogen-bond donors (Lipinski definition) is 1. The van der Waals surface area contributed by atoms with E-state index >= 15 is 0 Å². The van der Waals surface area contributed by atoms with Crippen LogP contribution in [0.25, 0.3) is 0 Å². The largest absolute Gasteiger partial charge is 0.390 e. The van der Waals surface area contributed by atoms with Gasteiger partial charge < -0.3 is 5.11 Å². The molecule has 1 aromatic rings. The third kappa shape index (κ3) is 0.869. The fourth-order valence-electron chi connectivity index (χ4n) is 0.493. The zero-order valence-corrected chi connectivity index (χ0v) is 4.63. The lowest BCUT2D eigenvalue weighted by molar-refractivity contribution is 0.275. The molecular formula is C5H7N2O. The molecule has 0 saturated carbocycles. The Kier molecular flexibility index (Phi) is 1.30. The quantitative estimate of drug-likeness (QED) is 0.541. The van der Waals surface area contributed by atoms with Gasteiger partial charge in [0.2, 0.25) is 0 Å². The molecule has 0 aromatic carbocycles. The van der Waals surface area contributed by atoms with Crippen LogP contribution in [0, 0.1) is 6.07 Å². The van der Waals surface area contributed by atoms with Gasteiger partial charge in [0.1, 0.15) is 0 Å². The summed E-state index contributed by atoms with van der Waals surface area (Å²) in [5.74, 6) is 0. The summed E-state index contributed by atoms with van der Waals surface area (Å²) in [7, 11) is 1.79. The van der Waals surface area contributed by atoms with E-state index in [1.807, 2.05) is 0 Å². The number of aryl methyl sites for hydroxylation is 1. The van der Waals surface area contributed by atoms with Crippen LogP contribution in [0.1, 0.15) is 5.69 Å². The molecule has 0 aliphatic carbocycles. The Balaban J connectivity index is 2.84. The highest BCUT2D eigenvalue weighted by atomic mass is 16.3. The van der Waals surface area contributed by atoms with Crippen molar-refractivity contribution in [2.45, 2.75) is 6.61 Å². The van der Waals surface area contributed by atoms with E-state index in [-0.39, 0.29) is 6.61 Å². The van der Waals surface area contributed by atoms with Gasteiger partial charge in [-0.15, -0.1) is 0 Å². The van der Waals surface area contributed by atoms with E-state index in [0.29, 0.717) is 5.69 Å². The number of aromatic nitrogens is 2. The van der Waals surface area contributed by atoms with Crippen molar-refractivity contribution in [2.75, 3.05) is 0 Å². The molecule has 1 heterocycles. The maximum absolute atomic E-state index is 8.44. The molecule has 0 aliphatic rings. The Morgan fingerprint density at radius 1 is 2.00 bits per heavy atom. The van der Waals surface area contributed by atoms with Crippen molar-refractivity contribution in [3.05, 3.63) is 18.0 Å². The Bertz CT molecular complexity index is 171. The highest BCUT2D eigenvalue weighted by Crippen LogP contribution is 1.89. The lowest BCUT2D eigenvalue weighted by Crippen LogP contribution is -1.89. The fourth-order valence-corrected chi connectivity index (χ4v) is 0.493. The van der Waals surface area contributed by atoms with Crippen molar-refractivity contribution in [3.63, 3.8) is 0 Å². The minimum atomic E-state index is -0.0269. The molecule has 1 rings (SSSR count). The lowest BCUT2D eigenvalue weighted by Gasteiger charge is -1.83. The second kappa shape index (κ2) is 1.96. The van der Waals surface area contributed by atoms with Crippen LogP contribution in [-0.2, 0) is 13.7 Å². The van der Waals surface area contributed by atoms with E-state index < -0.39 is 0 Å². The first-order valence-corrected chi connectivity index (χ1v) is 2.34. The predicted molar refractivity (Wildman–Crippen MR) is 28.0 cm³/mol. The molecule has 1 radical (unpaired) electrons. The van der Waals surface area contributed by atoms with Gasteiger partial charge in [0.15, 0.2) is 0 Å². The van der Waals surface area contributed by atoms with Gasteiger partial charge in [-0.05, 0) is 0 Å². The zero-order valence-electron chi connectivity index (χ0n) is 4.63. The summed E-state index contributed by atoms with van der Waals surface area (Å²) in [5.41, 5.74) is 0.590. The molecule has 0 unspecified atom stereocenters. The van der Waals surface area contributed by atoms with Crippen LogP contribution in [0.5, 0.6) is 0 Å². The van der Waals surface area contributed by atoms with E-state index in [2.05, 4.69) is 11.2 Å². The van der Waals surface area contributed by atoms with Crippen LogP contribution < -0.4 is 0 Å². The number of hydrogen-bond acceptors (Lipinski definition) is 2. The van der Waals surface area contributed by atoms with E-state index in [1.165, 1.54) is 0 Å². The third-order valence-corrected chi connectivity index (χ3v) is 0.846. The van der Waals surface area contributed by atoms with E-state index in [9.17, 15) is 0 Å². The zero-order chi connectivity index (χ0) is 5.98. The van der Waals surface area contributed by atoms with E-state index in [0.717, 1.165) is 0 Å². The fraction of sp³-hybridized carbons (Fsp3) is 0.400. The molecule has 3 heteroatoms. The molecule has 0 spiro atoms. The van der Waals surface area contributed by atoms with E-state index in [4.69, 9.17) is 5.11 Å². The van der Waals surface area contributed by atoms with Gasteiger partial charge in [-0.2, -0.15) is 5.10 Å². The maximum Gasteiger partial charge on any atom is 0.0958 e. The van der Waals surface area contributed by atoms with Gasteiger partial charge in [0, 0.05) is 19.3 Å². The molecule has 43 valence electrons. The van der Waals surface area contributed by atoms with Crippen molar-refractivity contribution < 1.29 is 5.11 Å². The van der Waals surface area contributed by atoms with Crippen LogP contribution >= 0.6 is 0 Å². The number of nitrogens with zero attached hydrogens (tertiary/aromatic N) is 2. The SMILES string of the molecule is Cn1c[c]c(CO)n1.